The van der Waals surface area contributed by atoms with Crippen LogP contribution in [0.4, 0.5) is 0 Å². The third-order valence-electron chi connectivity index (χ3n) is 2.91. The number of nitrogens with one attached hydrogen (secondary N) is 1. The van der Waals surface area contributed by atoms with E-state index in [2.05, 4.69) is 10.1 Å². The Morgan fingerprint density at radius 3 is 2.72 bits per heavy atom. The van der Waals surface area contributed by atoms with Gasteiger partial charge in [0.05, 0.1) is 19.8 Å². The minimum atomic E-state index is -0.577. The van der Waals surface area contributed by atoms with Gasteiger partial charge in [-0.25, -0.2) is 0 Å². The van der Waals surface area contributed by atoms with E-state index in [4.69, 9.17) is 0 Å². The maximum Gasteiger partial charge on any atom is 0.323 e. The number of hydrogen-bond donors (Lipinski definition) is 2. The molecule has 6 heteroatoms. The quantitative estimate of drug-likeness (QED) is 0.642. The predicted octanol–water partition coefficient (Wildman–Crippen LogP) is -0.633. The van der Waals surface area contributed by atoms with Crippen molar-refractivity contribution in [3.63, 3.8) is 0 Å². The molecule has 1 aliphatic rings. The van der Waals surface area contributed by atoms with Gasteiger partial charge < -0.3 is 15.2 Å². The zero-order valence-electron chi connectivity index (χ0n) is 11.2. The fourth-order valence-electron chi connectivity index (χ4n) is 1.99. The number of carbonyl (C=O) groups is 2. The number of nitrogens with zero attached hydrogens (tertiary/aromatic N) is 1. The molecular formula is C12H22N2O4. The highest BCUT2D eigenvalue weighted by atomic mass is 16.5. The standard InChI is InChI=1S/C12H22N2O4/c1-8(2)5-13-11(16)7-14-6-9(15)4-10(14)12(17)18-3/h8-10,15H,4-7H2,1-3H3,(H,13,16). The van der Waals surface area contributed by atoms with Crippen LogP contribution < -0.4 is 5.32 Å². The highest BCUT2D eigenvalue weighted by Gasteiger charge is 2.37. The lowest BCUT2D eigenvalue weighted by molar-refractivity contribution is -0.146. The fraction of sp³-hybridized carbons (Fsp3) is 0.833. The van der Waals surface area contributed by atoms with Crippen LogP contribution in [-0.2, 0) is 14.3 Å². The normalized spacial score (nSPS) is 24.3. The third-order valence-corrected chi connectivity index (χ3v) is 2.91. The number of β-amino-alcohol motifs (C(OH)–C–C–N with tert-alkyl or cyclic N) is 1. The van der Waals surface area contributed by atoms with Crippen LogP contribution in [-0.4, -0.2) is 60.8 Å². The number of rotatable bonds is 5. The average Bonchev–Trinajstić information content (AvgIpc) is 2.66. The second-order valence-corrected chi connectivity index (χ2v) is 5.06. The van der Waals surface area contributed by atoms with Crippen LogP contribution in [0.15, 0.2) is 0 Å². The molecule has 0 saturated carbocycles. The number of likely N-dealkylation sites (tertiary alicyclic amines) is 1. The van der Waals surface area contributed by atoms with E-state index in [-0.39, 0.29) is 12.5 Å². The van der Waals surface area contributed by atoms with Crippen LogP contribution in [0.1, 0.15) is 20.3 Å². The Kier molecular flexibility index (Phi) is 5.55. The maximum atomic E-state index is 11.7. The molecule has 0 bridgehead atoms. The van der Waals surface area contributed by atoms with E-state index >= 15 is 0 Å². The summed E-state index contributed by atoms with van der Waals surface area (Å²) < 4.78 is 4.67. The molecule has 1 fully saturated rings. The van der Waals surface area contributed by atoms with E-state index < -0.39 is 18.1 Å². The highest BCUT2D eigenvalue weighted by molar-refractivity contribution is 5.80. The molecule has 1 heterocycles. The van der Waals surface area contributed by atoms with Gasteiger partial charge in [0.25, 0.3) is 0 Å². The molecule has 1 rings (SSSR count). The van der Waals surface area contributed by atoms with Crippen LogP contribution in [0.3, 0.4) is 0 Å². The van der Waals surface area contributed by atoms with Gasteiger partial charge in [-0.2, -0.15) is 0 Å². The molecule has 2 atom stereocenters. The van der Waals surface area contributed by atoms with Crippen molar-refractivity contribution in [3.05, 3.63) is 0 Å². The molecule has 6 nitrogen and oxygen atoms in total. The first-order valence-corrected chi connectivity index (χ1v) is 6.20. The predicted molar refractivity (Wildman–Crippen MR) is 65.8 cm³/mol. The topological polar surface area (TPSA) is 78.9 Å². The van der Waals surface area contributed by atoms with Crippen molar-refractivity contribution in [1.29, 1.82) is 0 Å². The van der Waals surface area contributed by atoms with Gasteiger partial charge in [0.1, 0.15) is 6.04 Å². The summed E-state index contributed by atoms with van der Waals surface area (Å²) in [6.45, 7) is 5.07. The molecule has 1 amide bonds. The van der Waals surface area contributed by atoms with E-state index in [0.717, 1.165) is 0 Å². The second kappa shape index (κ2) is 6.70. The summed E-state index contributed by atoms with van der Waals surface area (Å²) in [5.74, 6) is -0.149. The summed E-state index contributed by atoms with van der Waals surface area (Å²) in [7, 11) is 1.31. The molecule has 0 aromatic carbocycles. The summed E-state index contributed by atoms with van der Waals surface area (Å²) in [6, 6.07) is -0.519. The number of hydrogen-bond acceptors (Lipinski definition) is 5. The molecule has 1 aliphatic heterocycles. The van der Waals surface area contributed by atoms with E-state index in [1.54, 1.807) is 4.90 Å². The van der Waals surface area contributed by atoms with Crippen molar-refractivity contribution >= 4 is 11.9 Å². The number of ether oxygens (including phenoxy) is 1. The molecular weight excluding hydrogens is 236 g/mol. The summed E-state index contributed by atoms with van der Waals surface area (Å²) in [6.07, 6.45) is -0.253. The van der Waals surface area contributed by atoms with Gasteiger partial charge in [-0.1, -0.05) is 13.8 Å². The molecule has 0 aliphatic carbocycles. The first-order valence-electron chi connectivity index (χ1n) is 6.20. The average molecular weight is 258 g/mol. The summed E-state index contributed by atoms with van der Waals surface area (Å²) in [4.78, 5) is 24.8. The van der Waals surface area contributed by atoms with Gasteiger partial charge in [0.15, 0.2) is 0 Å². The van der Waals surface area contributed by atoms with E-state index in [0.29, 0.717) is 25.4 Å². The van der Waals surface area contributed by atoms with Crippen molar-refractivity contribution < 1.29 is 19.4 Å². The lowest BCUT2D eigenvalue weighted by Gasteiger charge is -2.21. The van der Waals surface area contributed by atoms with Crippen LogP contribution in [0, 0.1) is 5.92 Å². The van der Waals surface area contributed by atoms with Crippen molar-refractivity contribution in [2.45, 2.75) is 32.4 Å². The third kappa shape index (κ3) is 4.27. The van der Waals surface area contributed by atoms with Crippen molar-refractivity contribution in [2.24, 2.45) is 5.92 Å². The number of amides is 1. The number of aliphatic hydroxyl groups is 1. The van der Waals surface area contributed by atoms with Gasteiger partial charge >= 0.3 is 5.97 Å². The molecule has 1 saturated heterocycles. The van der Waals surface area contributed by atoms with Crippen LogP contribution in [0.5, 0.6) is 0 Å². The van der Waals surface area contributed by atoms with Gasteiger partial charge in [-0.15, -0.1) is 0 Å². The first-order chi connectivity index (χ1) is 8.43. The molecule has 0 radical (unpaired) electrons. The first kappa shape index (κ1) is 14.9. The van der Waals surface area contributed by atoms with E-state index in [1.165, 1.54) is 7.11 Å². The lowest BCUT2D eigenvalue weighted by Crippen LogP contribution is -2.44. The Morgan fingerprint density at radius 2 is 2.17 bits per heavy atom. The van der Waals surface area contributed by atoms with Gasteiger partial charge in [0, 0.05) is 19.5 Å². The molecule has 0 aromatic rings. The molecule has 104 valence electrons. The molecule has 2 unspecified atom stereocenters. The van der Waals surface area contributed by atoms with Crippen molar-refractivity contribution in [2.75, 3.05) is 26.7 Å². The van der Waals surface area contributed by atoms with Gasteiger partial charge in [-0.3, -0.25) is 14.5 Å². The lowest BCUT2D eigenvalue weighted by atomic mass is 10.2. The van der Waals surface area contributed by atoms with Gasteiger partial charge in [-0.05, 0) is 5.92 Å². The minimum absolute atomic E-state index is 0.115. The van der Waals surface area contributed by atoms with Crippen LogP contribution >= 0.6 is 0 Å². The largest absolute Gasteiger partial charge is 0.468 e. The smallest absolute Gasteiger partial charge is 0.323 e. The van der Waals surface area contributed by atoms with E-state index in [9.17, 15) is 14.7 Å². The second-order valence-electron chi connectivity index (χ2n) is 5.06. The summed E-state index contributed by atoms with van der Waals surface area (Å²) in [5.41, 5.74) is 0. The molecule has 2 N–H and O–H groups in total. The van der Waals surface area contributed by atoms with E-state index in [1.807, 2.05) is 13.8 Å². The zero-order chi connectivity index (χ0) is 13.7. The Hall–Kier alpha value is -1.14. The Morgan fingerprint density at radius 1 is 1.50 bits per heavy atom. The van der Waals surface area contributed by atoms with Gasteiger partial charge in [0.2, 0.25) is 5.91 Å². The van der Waals surface area contributed by atoms with Crippen molar-refractivity contribution in [3.8, 4) is 0 Å². The van der Waals surface area contributed by atoms with Crippen LogP contribution in [0.25, 0.3) is 0 Å². The highest BCUT2D eigenvalue weighted by Crippen LogP contribution is 2.18. The Balaban J connectivity index is 2.48. The SMILES string of the molecule is COC(=O)C1CC(O)CN1CC(=O)NCC(C)C. The number of aliphatic hydroxyl groups excluding tert-OH is 1. The number of methoxy groups -OCH3 is 1. The molecule has 0 aromatic heterocycles. The van der Waals surface area contributed by atoms with Crippen molar-refractivity contribution in [1.82, 2.24) is 10.2 Å². The number of esters is 1. The molecule has 18 heavy (non-hydrogen) atoms. The summed E-state index contributed by atoms with van der Waals surface area (Å²) in [5, 5.41) is 12.4. The molecule has 0 spiro atoms. The monoisotopic (exact) mass is 258 g/mol. The Labute approximate surface area is 107 Å². The fourth-order valence-corrected chi connectivity index (χ4v) is 1.99. The summed E-state index contributed by atoms with van der Waals surface area (Å²) >= 11 is 0. The number of carbonyl (C=O) groups excluding carboxylic acids is 2. The van der Waals surface area contributed by atoms with Crippen LogP contribution in [0.2, 0.25) is 0 Å². The maximum absolute atomic E-state index is 11.7. The zero-order valence-corrected chi connectivity index (χ0v) is 11.2. The Bertz CT molecular complexity index is 306. The minimum Gasteiger partial charge on any atom is -0.468 e.